The van der Waals surface area contributed by atoms with E-state index in [0.717, 1.165) is 5.46 Å². The molecule has 0 heterocycles. The van der Waals surface area contributed by atoms with Crippen LogP contribution >= 0.6 is 22.6 Å². The van der Waals surface area contributed by atoms with Gasteiger partial charge in [-0.2, -0.15) is 0 Å². The van der Waals surface area contributed by atoms with Gasteiger partial charge in [-0.15, -0.1) is 0 Å². The third-order valence-electron chi connectivity index (χ3n) is 3.28. The summed E-state index contributed by atoms with van der Waals surface area (Å²) in [4.78, 5) is 0. The van der Waals surface area contributed by atoms with Crippen molar-refractivity contribution < 1.29 is 0 Å². The van der Waals surface area contributed by atoms with E-state index in [1.165, 1.54) is 59.6 Å². The summed E-state index contributed by atoms with van der Waals surface area (Å²) >= 11 is 2.45. The molecule has 3 heteroatoms. The van der Waals surface area contributed by atoms with Crippen LogP contribution in [0.15, 0.2) is 23.3 Å². The summed E-state index contributed by atoms with van der Waals surface area (Å²) in [6.07, 6.45) is 12.3. The van der Waals surface area contributed by atoms with E-state index < -0.39 is 0 Å². The molecule has 0 spiro atoms. The maximum absolute atomic E-state index is 4.17. The van der Waals surface area contributed by atoms with Gasteiger partial charge in [-0.05, 0) is 0 Å². The van der Waals surface area contributed by atoms with Crippen molar-refractivity contribution in [3.05, 3.63) is 23.3 Å². The zero-order valence-electron chi connectivity index (χ0n) is 10.9. The van der Waals surface area contributed by atoms with Gasteiger partial charge in [0.15, 0.2) is 0 Å². The van der Waals surface area contributed by atoms with E-state index >= 15 is 0 Å². The molecule has 90 valence electrons. The summed E-state index contributed by atoms with van der Waals surface area (Å²) < 4.78 is 1.30. The summed E-state index contributed by atoms with van der Waals surface area (Å²) in [5, 5.41) is 0. The minimum absolute atomic E-state index is 1.14. The van der Waals surface area contributed by atoms with E-state index in [2.05, 4.69) is 56.6 Å². The minimum atomic E-state index is 1.14. The number of allylic oxidation sites excluding steroid dienone is 4. The van der Waals surface area contributed by atoms with Gasteiger partial charge in [-0.25, -0.2) is 0 Å². The molecule has 0 unspecified atom stereocenters. The van der Waals surface area contributed by atoms with E-state index in [1.807, 2.05) is 0 Å². The van der Waals surface area contributed by atoms with E-state index in [4.69, 9.17) is 0 Å². The molecule has 17 heavy (non-hydrogen) atoms. The molecule has 0 fully saturated rings. The molecule has 0 aliphatic heterocycles. The van der Waals surface area contributed by atoms with Crippen LogP contribution in [0, 0.1) is 0 Å². The fourth-order valence-corrected chi connectivity index (χ4v) is 2.80. The van der Waals surface area contributed by atoms with E-state index in [9.17, 15) is 0 Å². The van der Waals surface area contributed by atoms with E-state index in [1.54, 1.807) is 0 Å². The molecule has 0 amide bonds. The summed E-state index contributed by atoms with van der Waals surface area (Å²) in [6, 6.07) is 0. The molecule has 0 aromatic rings. The third kappa shape index (κ3) is 4.69. The third-order valence-corrected chi connectivity index (χ3v) is 4.04. The van der Waals surface area contributed by atoms with Crippen LogP contribution in [0.25, 0.3) is 0 Å². The average molecular weight is 338 g/mol. The van der Waals surface area contributed by atoms with Crippen LogP contribution in [-0.4, -0.2) is 30.3 Å². The fraction of sp³-hybridized carbons (Fsp3) is 0.571. The first kappa shape index (κ1) is 15.1. The standard InChI is InChI=1S/C14H21B2I/c1-2-12-13(15)10-11(14(12)16)8-6-4-3-5-7-9-17/h2,10,15-16H,3-9H2,1H3/b12-2+. The topological polar surface area (TPSA) is 0 Å². The number of unbranched alkanes of at least 4 members (excludes halogenated alkanes) is 4. The Kier molecular flexibility index (Phi) is 7.33. The second kappa shape index (κ2) is 8.23. The molecule has 0 radical (unpaired) electrons. The monoisotopic (exact) mass is 338 g/mol. The van der Waals surface area contributed by atoms with Crippen molar-refractivity contribution in [3.63, 3.8) is 0 Å². The molecule has 0 N–H and O–H groups in total. The van der Waals surface area contributed by atoms with E-state index in [0.29, 0.717) is 0 Å². The van der Waals surface area contributed by atoms with Gasteiger partial charge in [0.1, 0.15) is 0 Å². The molecule has 1 aliphatic carbocycles. The van der Waals surface area contributed by atoms with Crippen LogP contribution in [0.2, 0.25) is 0 Å². The number of halogens is 1. The molecule has 0 bridgehead atoms. The van der Waals surface area contributed by atoms with Crippen LogP contribution < -0.4 is 0 Å². The van der Waals surface area contributed by atoms with Crippen molar-refractivity contribution in [1.29, 1.82) is 0 Å². The molecular weight excluding hydrogens is 317 g/mol. The van der Waals surface area contributed by atoms with Gasteiger partial charge in [0.25, 0.3) is 0 Å². The number of hydrogen-bond donors (Lipinski definition) is 0. The Morgan fingerprint density at radius 1 is 1.12 bits per heavy atom. The normalized spacial score (nSPS) is 17.9. The van der Waals surface area contributed by atoms with Gasteiger partial charge in [0.05, 0.1) is 0 Å². The Bertz CT molecular complexity index is 353. The zero-order chi connectivity index (χ0) is 12.7. The summed E-state index contributed by atoms with van der Waals surface area (Å²) in [6.45, 7) is 2.06. The maximum atomic E-state index is 4.17. The Balaban J connectivity index is 2.27. The van der Waals surface area contributed by atoms with Gasteiger partial charge >= 0.3 is 122 Å². The fourth-order valence-electron chi connectivity index (χ4n) is 2.26. The Morgan fingerprint density at radius 2 is 1.76 bits per heavy atom. The Hall–Kier alpha value is 0.0799. The van der Waals surface area contributed by atoms with Crippen LogP contribution in [0.5, 0.6) is 0 Å². The van der Waals surface area contributed by atoms with Crippen molar-refractivity contribution in [1.82, 2.24) is 0 Å². The van der Waals surface area contributed by atoms with E-state index in [-0.39, 0.29) is 0 Å². The number of rotatable bonds is 7. The molecule has 0 saturated carbocycles. The summed E-state index contributed by atoms with van der Waals surface area (Å²) in [5.41, 5.74) is 4.98. The second-order valence-corrected chi connectivity index (χ2v) is 5.66. The van der Waals surface area contributed by atoms with Gasteiger partial charge in [-0.3, -0.25) is 0 Å². The van der Waals surface area contributed by atoms with Gasteiger partial charge in [0, 0.05) is 0 Å². The van der Waals surface area contributed by atoms with Crippen molar-refractivity contribution >= 4 is 48.5 Å². The van der Waals surface area contributed by atoms with Crippen molar-refractivity contribution in [2.45, 2.75) is 45.4 Å². The molecule has 1 aliphatic rings. The molecule has 0 saturated heterocycles. The van der Waals surface area contributed by atoms with Crippen molar-refractivity contribution in [2.24, 2.45) is 0 Å². The molecular formula is C14H21B2I. The zero-order valence-corrected chi connectivity index (χ0v) is 13.1. The molecule has 1 rings (SSSR count). The summed E-state index contributed by atoms with van der Waals surface area (Å²) in [7, 11) is 8.24. The number of hydrogen-bond acceptors (Lipinski definition) is 0. The predicted octanol–water partition coefficient (Wildman–Crippen LogP) is 2.79. The van der Waals surface area contributed by atoms with Crippen molar-refractivity contribution in [3.8, 4) is 0 Å². The van der Waals surface area contributed by atoms with Gasteiger partial charge in [-0.1, -0.05) is 0 Å². The summed E-state index contributed by atoms with van der Waals surface area (Å²) in [5.74, 6) is 0. The molecule has 0 nitrogen and oxygen atoms in total. The molecule has 0 atom stereocenters. The predicted molar refractivity (Wildman–Crippen MR) is 92.7 cm³/mol. The SMILES string of the molecule is B=C1C=C(CCCCCCCI)C(=B)/C1=C/C. The molecule has 0 aromatic heterocycles. The first-order valence-electron chi connectivity index (χ1n) is 6.52. The average Bonchev–Trinajstić information content (AvgIpc) is 2.58. The first-order chi connectivity index (χ1) is 8.20. The van der Waals surface area contributed by atoms with Gasteiger partial charge in [0.2, 0.25) is 0 Å². The van der Waals surface area contributed by atoms with Crippen LogP contribution in [0.3, 0.4) is 0 Å². The van der Waals surface area contributed by atoms with Crippen molar-refractivity contribution in [2.75, 3.05) is 4.43 Å². The molecule has 0 aromatic carbocycles. The van der Waals surface area contributed by atoms with Crippen LogP contribution in [-0.2, 0) is 0 Å². The Labute approximate surface area is 121 Å². The van der Waals surface area contributed by atoms with Crippen LogP contribution in [0.4, 0.5) is 0 Å². The number of alkyl halides is 1. The van der Waals surface area contributed by atoms with Gasteiger partial charge < -0.3 is 0 Å². The quantitative estimate of drug-likeness (QED) is 0.290. The van der Waals surface area contributed by atoms with Crippen LogP contribution in [0.1, 0.15) is 45.4 Å². The Morgan fingerprint density at radius 3 is 2.35 bits per heavy atom. The first-order valence-corrected chi connectivity index (χ1v) is 8.05. The second-order valence-electron chi connectivity index (χ2n) is 4.58.